The van der Waals surface area contributed by atoms with E-state index in [1.165, 1.54) is 5.56 Å². The zero-order chi connectivity index (χ0) is 17.8. The number of aromatic nitrogens is 1. The molecule has 3 rings (SSSR count). The Morgan fingerprint density at radius 2 is 1.68 bits per heavy atom. The first kappa shape index (κ1) is 17.2. The summed E-state index contributed by atoms with van der Waals surface area (Å²) >= 11 is 0. The lowest BCUT2D eigenvalue weighted by Gasteiger charge is -2.17. The van der Waals surface area contributed by atoms with E-state index < -0.39 is 0 Å². The zero-order valence-electron chi connectivity index (χ0n) is 14.8. The van der Waals surface area contributed by atoms with Gasteiger partial charge in [0.2, 0.25) is 0 Å². The molecule has 0 saturated carbocycles. The number of hydrogen-bond acceptors (Lipinski definition) is 4. The van der Waals surface area contributed by atoms with Gasteiger partial charge in [-0.1, -0.05) is 0 Å². The van der Waals surface area contributed by atoms with Crippen molar-refractivity contribution in [2.24, 2.45) is 5.73 Å². The molecule has 0 saturated heterocycles. The molecule has 1 heterocycles. The molecule has 1 unspecified atom stereocenters. The van der Waals surface area contributed by atoms with Gasteiger partial charge in [0.25, 0.3) is 0 Å². The van der Waals surface area contributed by atoms with E-state index in [1.807, 2.05) is 42.6 Å². The van der Waals surface area contributed by atoms with Crippen molar-refractivity contribution in [2.45, 2.75) is 12.3 Å². The Hall–Kier alpha value is -2.66. The fourth-order valence-corrected chi connectivity index (χ4v) is 3.21. The van der Waals surface area contributed by atoms with Crippen LogP contribution in [0.5, 0.6) is 17.2 Å². The van der Waals surface area contributed by atoms with Gasteiger partial charge in [0, 0.05) is 23.0 Å². The molecule has 0 aliphatic rings. The van der Waals surface area contributed by atoms with Crippen LogP contribution < -0.4 is 19.9 Å². The largest absolute Gasteiger partial charge is 0.497 e. The molecule has 132 valence electrons. The second-order valence-electron chi connectivity index (χ2n) is 5.97. The van der Waals surface area contributed by atoms with Gasteiger partial charge < -0.3 is 24.9 Å². The summed E-state index contributed by atoms with van der Waals surface area (Å²) in [7, 11) is 5.02. The number of benzene rings is 2. The summed E-state index contributed by atoms with van der Waals surface area (Å²) in [6, 6.07) is 11.9. The minimum Gasteiger partial charge on any atom is -0.497 e. The van der Waals surface area contributed by atoms with Crippen molar-refractivity contribution in [1.82, 2.24) is 4.98 Å². The van der Waals surface area contributed by atoms with Crippen LogP contribution in [0.15, 0.2) is 42.6 Å². The standard InChI is InChI=1S/C20H24N2O3/c1-23-15-5-7-20(25-3)13(9-15)8-14(11-21)18-12-22-19-6-4-16(24-2)10-17(18)19/h4-7,9-10,12,14,22H,8,11,21H2,1-3H3. The third-order valence-corrected chi connectivity index (χ3v) is 4.60. The summed E-state index contributed by atoms with van der Waals surface area (Å²) in [4.78, 5) is 3.32. The predicted molar refractivity (Wildman–Crippen MR) is 99.9 cm³/mol. The average Bonchev–Trinajstić information content (AvgIpc) is 3.08. The van der Waals surface area contributed by atoms with Gasteiger partial charge in [-0.2, -0.15) is 0 Å². The van der Waals surface area contributed by atoms with Crippen LogP contribution in [0.1, 0.15) is 17.0 Å². The molecule has 5 heteroatoms. The molecule has 3 aromatic rings. The SMILES string of the molecule is COc1ccc(OC)c(CC(CN)c2c[nH]c3ccc(OC)cc23)c1. The first-order valence-electron chi connectivity index (χ1n) is 8.26. The summed E-state index contributed by atoms with van der Waals surface area (Å²) in [6.45, 7) is 0.532. The Balaban J connectivity index is 1.98. The van der Waals surface area contributed by atoms with Crippen LogP contribution in [0.4, 0.5) is 0 Å². The smallest absolute Gasteiger partial charge is 0.122 e. The number of rotatable bonds is 7. The monoisotopic (exact) mass is 340 g/mol. The van der Waals surface area contributed by atoms with Crippen molar-refractivity contribution in [2.75, 3.05) is 27.9 Å². The third-order valence-electron chi connectivity index (χ3n) is 4.60. The van der Waals surface area contributed by atoms with E-state index in [2.05, 4.69) is 4.98 Å². The number of fused-ring (bicyclic) bond motifs is 1. The molecule has 1 aromatic heterocycles. The van der Waals surface area contributed by atoms with Gasteiger partial charge in [0.05, 0.1) is 21.3 Å². The molecule has 0 fully saturated rings. The maximum Gasteiger partial charge on any atom is 0.122 e. The Labute approximate surface area is 147 Å². The fourth-order valence-electron chi connectivity index (χ4n) is 3.21. The van der Waals surface area contributed by atoms with Crippen LogP contribution in [0.3, 0.4) is 0 Å². The van der Waals surface area contributed by atoms with E-state index in [-0.39, 0.29) is 5.92 Å². The molecule has 0 amide bonds. The molecule has 0 aliphatic carbocycles. The van der Waals surface area contributed by atoms with Gasteiger partial charge in [-0.25, -0.2) is 0 Å². The van der Waals surface area contributed by atoms with E-state index in [0.717, 1.165) is 40.1 Å². The summed E-state index contributed by atoms with van der Waals surface area (Å²) in [6.07, 6.45) is 2.80. The highest BCUT2D eigenvalue weighted by Crippen LogP contribution is 2.33. The van der Waals surface area contributed by atoms with Crippen LogP contribution in [-0.4, -0.2) is 32.9 Å². The van der Waals surface area contributed by atoms with Crippen LogP contribution in [0.25, 0.3) is 10.9 Å². The quantitative estimate of drug-likeness (QED) is 0.691. The van der Waals surface area contributed by atoms with E-state index in [1.54, 1.807) is 21.3 Å². The lowest BCUT2D eigenvalue weighted by Crippen LogP contribution is -2.15. The minimum atomic E-state index is 0.155. The highest BCUT2D eigenvalue weighted by molar-refractivity contribution is 5.85. The van der Waals surface area contributed by atoms with Crippen LogP contribution in [0.2, 0.25) is 0 Å². The molecule has 0 radical (unpaired) electrons. The molecular weight excluding hydrogens is 316 g/mol. The Bertz CT molecular complexity index is 857. The summed E-state index contributed by atoms with van der Waals surface area (Å²) in [5.41, 5.74) is 9.45. The van der Waals surface area contributed by atoms with Crippen molar-refractivity contribution in [3.8, 4) is 17.2 Å². The third kappa shape index (κ3) is 3.42. The van der Waals surface area contributed by atoms with Gasteiger partial charge in [-0.15, -0.1) is 0 Å². The Morgan fingerprint density at radius 1 is 0.960 bits per heavy atom. The van der Waals surface area contributed by atoms with Crippen molar-refractivity contribution in [3.05, 3.63) is 53.7 Å². The lowest BCUT2D eigenvalue weighted by molar-refractivity contribution is 0.397. The Kier molecular flexibility index (Phi) is 5.14. The first-order chi connectivity index (χ1) is 12.2. The molecule has 0 spiro atoms. The van der Waals surface area contributed by atoms with Gasteiger partial charge >= 0.3 is 0 Å². The van der Waals surface area contributed by atoms with Crippen molar-refractivity contribution in [1.29, 1.82) is 0 Å². The topological polar surface area (TPSA) is 69.5 Å². The second-order valence-corrected chi connectivity index (χ2v) is 5.97. The van der Waals surface area contributed by atoms with E-state index >= 15 is 0 Å². The van der Waals surface area contributed by atoms with E-state index in [4.69, 9.17) is 19.9 Å². The first-order valence-corrected chi connectivity index (χ1v) is 8.26. The predicted octanol–water partition coefficient (Wildman–Crippen LogP) is 3.48. The number of aromatic amines is 1. The number of ether oxygens (including phenoxy) is 3. The molecule has 2 aromatic carbocycles. The molecule has 25 heavy (non-hydrogen) atoms. The van der Waals surface area contributed by atoms with Crippen molar-refractivity contribution >= 4 is 10.9 Å². The summed E-state index contributed by atoms with van der Waals surface area (Å²) in [5, 5.41) is 1.14. The van der Waals surface area contributed by atoms with Crippen molar-refractivity contribution in [3.63, 3.8) is 0 Å². The molecule has 3 N–H and O–H groups in total. The van der Waals surface area contributed by atoms with E-state index in [0.29, 0.717) is 6.54 Å². The van der Waals surface area contributed by atoms with Gasteiger partial charge in [0.15, 0.2) is 0 Å². The molecule has 0 aliphatic heterocycles. The van der Waals surface area contributed by atoms with Crippen LogP contribution >= 0.6 is 0 Å². The number of nitrogens with one attached hydrogen (secondary N) is 1. The maximum atomic E-state index is 6.12. The fraction of sp³-hybridized carbons (Fsp3) is 0.300. The lowest BCUT2D eigenvalue weighted by atomic mass is 9.91. The number of nitrogens with two attached hydrogens (primary N) is 1. The Morgan fingerprint density at radius 3 is 2.36 bits per heavy atom. The van der Waals surface area contributed by atoms with Gasteiger partial charge in [-0.05, 0) is 60.5 Å². The molecular formula is C20H24N2O3. The highest BCUT2D eigenvalue weighted by Gasteiger charge is 2.18. The molecule has 0 bridgehead atoms. The summed E-state index contributed by atoms with van der Waals surface area (Å²) in [5.74, 6) is 2.65. The highest BCUT2D eigenvalue weighted by atomic mass is 16.5. The second kappa shape index (κ2) is 7.49. The number of hydrogen-bond donors (Lipinski definition) is 2. The number of methoxy groups -OCH3 is 3. The van der Waals surface area contributed by atoms with Crippen LogP contribution in [0, 0.1) is 0 Å². The van der Waals surface area contributed by atoms with Gasteiger partial charge in [0.1, 0.15) is 17.2 Å². The molecule has 5 nitrogen and oxygen atoms in total. The average molecular weight is 340 g/mol. The molecule has 1 atom stereocenters. The van der Waals surface area contributed by atoms with E-state index in [9.17, 15) is 0 Å². The summed E-state index contributed by atoms with van der Waals surface area (Å²) < 4.78 is 16.2. The maximum absolute atomic E-state index is 6.12. The zero-order valence-corrected chi connectivity index (χ0v) is 14.8. The minimum absolute atomic E-state index is 0.155. The normalized spacial score (nSPS) is 12.2. The van der Waals surface area contributed by atoms with Crippen LogP contribution in [-0.2, 0) is 6.42 Å². The van der Waals surface area contributed by atoms with Crippen molar-refractivity contribution < 1.29 is 14.2 Å². The number of H-pyrrole nitrogens is 1. The van der Waals surface area contributed by atoms with Gasteiger partial charge in [-0.3, -0.25) is 0 Å².